The number of aliphatic hydroxyl groups excluding tert-OH is 2. The Bertz CT molecular complexity index is 162. The highest BCUT2D eigenvalue weighted by atomic mass is 79.9. The average molecular weight is 191 g/mol. The molecule has 3 heteroatoms. The molecule has 0 bridgehead atoms. The predicted molar refractivity (Wildman–Crippen MR) is 38.2 cm³/mol. The molecular formula is C6H7BrO2. The van der Waals surface area contributed by atoms with E-state index in [4.69, 9.17) is 10.2 Å². The molecule has 0 amide bonds. The van der Waals surface area contributed by atoms with Crippen LogP contribution in [0.3, 0.4) is 0 Å². The zero-order valence-electron chi connectivity index (χ0n) is 4.66. The molecule has 0 aromatic heterocycles. The van der Waals surface area contributed by atoms with Crippen molar-refractivity contribution in [2.45, 2.75) is 12.2 Å². The molecule has 0 spiro atoms. The Kier molecular flexibility index (Phi) is 2.05. The largest absolute Gasteiger partial charge is 0.386 e. The first kappa shape index (κ1) is 6.99. The first-order chi connectivity index (χ1) is 4.20. The van der Waals surface area contributed by atoms with Crippen molar-refractivity contribution in [1.29, 1.82) is 0 Å². The van der Waals surface area contributed by atoms with Gasteiger partial charge in [0.1, 0.15) is 12.2 Å². The number of aliphatic hydroxyl groups is 2. The fourth-order valence-corrected chi connectivity index (χ4v) is 1.05. The van der Waals surface area contributed by atoms with Crippen LogP contribution in [0.15, 0.2) is 22.7 Å². The maximum Gasteiger partial charge on any atom is 0.103 e. The van der Waals surface area contributed by atoms with E-state index in [0.717, 1.165) is 4.48 Å². The molecule has 9 heavy (non-hydrogen) atoms. The second kappa shape index (κ2) is 2.64. The van der Waals surface area contributed by atoms with Gasteiger partial charge in [-0.1, -0.05) is 22.0 Å². The molecule has 1 aliphatic rings. The van der Waals surface area contributed by atoms with E-state index >= 15 is 0 Å². The molecule has 2 N–H and O–H groups in total. The van der Waals surface area contributed by atoms with E-state index in [2.05, 4.69) is 15.9 Å². The van der Waals surface area contributed by atoms with Crippen molar-refractivity contribution in [1.82, 2.24) is 0 Å². The summed E-state index contributed by atoms with van der Waals surface area (Å²) in [5.74, 6) is 0. The van der Waals surface area contributed by atoms with Crippen molar-refractivity contribution < 1.29 is 10.2 Å². The number of rotatable bonds is 0. The van der Waals surface area contributed by atoms with Gasteiger partial charge in [-0.2, -0.15) is 0 Å². The molecule has 2 unspecified atom stereocenters. The second-order valence-electron chi connectivity index (χ2n) is 1.89. The smallest absolute Gasteiger partial charge is 0.103 e. The van der Waals surface area contributed by atoms with Gasteiger partial charge < -0.3 is 10.2 Å². The van der Waals surface area contributed by atoms with Crippen LogP contribution in [0.2, 0.25) is 0 Å². The lowest BCUT2D eigenvalue weighted by Crippen LogP contribution is -2.23. The van der Waals surface area contributed by atoms with Gasteiger partial charge in [0.15, 0.2) is 0 Å². The Hall–Kier alpha value is -0.120. The van der Waals surface area contributed by atoms with Gasteiger partial charge in [-0.05, 0) is 12.2 Å². The van der Waals surface area contributed by atoms with E-state index in [1.807, 2.05) is 0 Å². The first-order valence-electron chi connectivity index (χ1n) is 2.62. The lowest BCUT2D eigenvalue weighted by atomic mass is 10.1. The molecule has 0 aromatic rings. The molecular weight excluding hydrogens is 184 g/mol. The summed E-state index contributed by atoms with van der Waals surface area (Å²) in [5, 5.41) is 17.8. The third kappa shape index (κ3) is 1.64. The summed E-state index contributed by atoms with van der Waals surface area (Å²) in [6.07, 6.45) is 3.28. The van der Waals surface area contributed by atoms with Gasteiger partial charge in [-0.3, -0.25) is 0 Å². The van der Waals surface area contributed by atoms with Gasteiger partial charge in [0.25, 0.3) is 0 Å². The van der Waals surface area contributed by atoms with E-state index in [-0.39, 0.29) is 0 Å². The fraction of sp³-hybridized carbons (Fsp3) is 0.333. The van der Waals surface area contributed by atoms with Crippen LogP contribution >= 0.6 is 15.9 Å². The number of halogens is 1. The lowest BCUT2D eigenvalue weighted by Gasteiger charge is -2.13. The minimum Gasteiger partial charge on any atom is -0.386 e. The van der Waals surface area contributed by atoms with Crippen LogP contribution in [0.25, 0.3) is 0 Å². The Labute approximate surface area is 61.6 Å². The van der Waals surface area contributed by atoms with E-state index in [9.17, 15) is 0 Å². The molecule has 1 rings (SSSR count). The maximum absolute atomic E-state index is 8.94. The topological polar surface area (TPSA) is 40.5 Å². The summed E-state index contributed by atoms with van der Waals surface area (Å²) in [4.78, 5) is 0. The van der Waals surface area contributed by atoms with Crippen LogP contribution in [0.5, 0.6) is 0 Å². The van der Waals surface area contributed by atoms with Crippen molar-refractivity contribution in [2.75, 3.05) is 0 Å². The zero-order chi connectivity index (χ0) is 6.85. The third-order valence-corrected chi connectivity index (χ3v) is 1.66. The lowest BCUT2D eigenvalue weighted by molar-refractivity contribution is 0.0792. The Morgan fingerprint density at radius 1 is 1.33 bits per heavy atom. The van der Waals surface area contributed by atoms with Crippen LogP contribution in [0.1, 0.15) is 0 Å². The van der Waals surface area contributed by atoms with Crippen LogP contribution in [-0.4, -0.2) is 22.4 Å². The molecule has 0 aliphatic heterocycles. The summed E-state index contributed by atoms with van der Waals surface area (Å²) < 4.78 is 0.806. The average Bonchev–Trinajstić information content (AvgIpc) is 1.80. The van der Waals surface area contributed by atoms with Crippen LogP contribution < -0.4 is 0 Å². The SMILES string of the molecule is OC1C=CC(Br)=CC1O. The molecule has 2 atom stereocenters. The second-order valence-corrected chi connectivity index (χ2v) is 2.81. The predicted octanol–water partition coefficient (Wildman–Crippen LogP) is 0.557. The normalized spacial score (nSPS) is 34.3. The van der Waals surface area contributed by atoms with Gasteiger partial charge in [0.05, 0.1) is 0 Å². The molecule has 1 aliphatic carbocycles. The molecule has 0 radical (unpaired) electrons. The van der Waals surface area contributed by atoms with Gasteiger partial charge in [0.2, 0.25) is 0 Å². The summed E-state index contributed by atoms with van der Waals surface area (Å²) in [7, 11) is 0. The van der Waals surface area contributed by atoms with Gasteiger partial charge in [-0.25, -0.2) is 0 Å². The molecule has 50 valence electrons. The molecule has 0 fully saturated rings. The highest BCUT2D eigenvalue weighted by Gasteiger charge is 2.13. The van der Waals surface area contributed by atoms with E-state index < -0.39 is 12.2 Å². The van der Waals surface area contributed by atoms with Crippen LogP contribution in [0, 0.1) is 0 Å². The molecule has 0 saturated heterocycles. The van der Waals surface area contributed by atoms with Crippen molar-refractivity contribution in [2.24, 2.45) is 0 Å². The first-order valence-corrected chi connectivity index (χ1v) is 3.41. The van der Waals surface area contributed by atoms with Crippen LogP contribution in [-0.2, 0) is 0 Å². The van der Waals surface area contributed by atoms with Crippen molar-refractivity contribution >= 4 is 15.9 Å². The fourth-order valence-electron chi connectivity index (χ4n) is 0.622. The van der Waals surface area contributed by atoms with E-state index in [1.54, 1.807) is 12.2 Å². The minimum atomic E-state index is -0.760. The molecule has 0 heterocycles. The van der Waals surface area contributed by atoms with Crippen LogP contribution in [0.4, 0.5) is 0 Å². The highest BCUT2D eigenvalue weighted by Crippen LogP contribution is 2.15. The number of allylic oxidation sites excluding steroid dienone is 2. The number of hydrogen-bond donors (Lipinski definition) is 2. The van der Waals surface area contributed by atoms with Crippen molar-refractivity contribution in [3.05, 3.63) is 22.7 Å². The Morgan fingerprint density at radius 3 is 2.44 bits per heavy atom. The summed E-state index contributed by atoms with van der Waals surface area (Å²) >= 11 is 3.16. The molecule has 0 aromatic carbocycles. The van der Waals surface area contributed by atoms with Crippen molar-refractivity contribution in [3.8, 4) is 0 Å². The quantitative estimate of drug-likeness (QED) is 0.587. The standard InChI is InChI=1S/C6H7BrO2/c7-4-1-2-5(8)6(9)3-4/h1-3,5-6,8-9H. The van der Waals surface area contributed by atoms with Crippen molar-refractivity contribution in [3.63, 3.8) is 0 Å². The third-order valence-electron chi connectivity index (χ3n) is 1.13. The molecule has 0 saturated carbocycles. The summed E-state index contributed by atoms with van der Waals surface area (Å²) in [5.41, 5.74) is 0. The Morgan fingerprint density at radius 2 is 2.00 bits per heavy atom. The van der Waals surface area contributed by atoms with E-state index in [1.165, 1.54) is 6.08 Å². The minimum absolute atomic E-state index is 0.744. The summed E-state index contributed by atoms with van der Waals surface area (Å²) in [6.45, 7) is 0. The van der Waals surface area contributed by atoms with Gasteiger partial charge >= 0.3 is 0 Å². The summed E-state index contributed by atoms with van der Waals surface area (Å²) in [6, 6.07) is 0. The maximum atomic E-state index is 8.94. The number of hydrogen-bond acceptors (Lipinski definition) is 2. The molecule has 2 nitrogen and oxygen atoms in total. The van der Waals surface area contributed by atoms with Gasteiger partial charge in [-0.15, -0.1) is 0 Å². The monoisotopic (exact) mass is 190 g/mol. The zero-order valence-corrected chi connectivity index (χ0v) is 6.25. The highest BCUT2D eigenvalue weighted by molar-refractivity contribution is 9.11. The Balaban J connectivity index is 2.70. The van der Waals surface area contributed by atoms with Gasteiger partial charge in [0, 0.05) is 4.48 Å². The van der Waals surface area contributed by atoms with E-state index in [0.29, 0.717) is 0 Å².